The Morgan fingerprint density at radius 3 is 2.32 bits per heavy atom. The highest BCUT2D eigenvalue weighted by Gasteiger charge is 2.40. The Morgan fingerprint density at radius 1 is 1.00 bits per heavy atom. The molecule has 2 aliphatic rings. The number of hydrogen-bond donors (Lipinski definition) is 0. The van der Waals surface area contributed by atoms with E-state index in [1.165, 1.54) is 6.08 Å². The molecule has 0 N–H and O–H groups in total. The van der Waals surface area contributed by atoms with E-state index >= 15 is 0 Å². The highest BCUT2D eigenvalue weighted by molar-refractivity contribution is 6.00. The van der Waals surface area contributed by atoms with Crippen LogP contribution >= 0.6 is 0 Å². The van der Waals surface area contributed by atoms with Crippen molar-refractivity contribution in [2.45, 2.75) is 18.2 Å². The molecule has 25 heavy (non-hydrogen) atoms. The summed E-state index contributed by atoms with van der Waals surface area (Å²) in [5.41, 5.74) is 1.95. The van der Waals surface area contributed by atoms with Gasteiger partial charge in [0, 0.05) is 6.08 Å². The van der Waals surface area contributed by atoms with Crippen molar-refractivity contribution in [3.05, 3.63) is 83.9 Å². The Morgan fingerprint density at radius 2 is 1.64 bits per heavy atom. The van der Waals surface area contributed by atoms with E-state index in [4.69, 9.17) is 9.47 Å². The number of imide groups is 1. The molecule has 2 amide bonds. The second kappa shape index (κ2) is 6.53. The summed E-state index contributed by atoms with van der Waals surface area (Å²) in [6, 6.07) is 18.8. The number of epoxide rings is 1. The molecular weight excluding hydrogens is 318 g/mol. The van der Waals surface area contributed by atoms with Gasteiger partial charge in [0.25, 0.3) is 5.91 Å². The molecule has 0 bridgehead atoms. The van der Waals surface area contributed by atoms with Crippen LogP contribution in [0, 0.1) is 0 Å². The van der Waals surface area contributed by atoms with Gasteiger partial charge in [0.2, 0.25) is 0 Å². The Balaban J connectivity index is 1.44. The number of hydrogen-bond acceptors (Lipinski definition) is 4. The summed E-state index contributed by atoms with van der Waals surface area (Å²) in [6.07, 6.45) is 2.32. The van der Waals surface area contributed by atoms with Crippen molar-refractivity contribution in [1.82, 2.24) is 4.90 Å². The highest BCUT2D eigenvalue weighted by atomic mass is 16.6. The van der Waals surface area contributed by atoms with Crippen LogP contribution in [-0.2, 0) is 14.3 Å². The van der Waals surface area contributed by atoms with Crippen molar-refractivity contribution < 1.29 is 19.1 Å². The van der Waals surface area contributed by atoms with Gasteiger partial charge in [-0.15, -0.1) is 0 Å². The number of benzene rings is 2. The summed E-state index contributed by atoms with van der Waals surface area (Å²) in [4.78, 5) is 25.6. The van der Waals surface area contributed by atoms with E-state index in [0.29, 0.717) is 0 Å². The van der Waals surface area contributed by atoms with E-state index in [1.807, 2.05) is 60.7 Å². The molecule has 0 spiro atoms. The molecule has 2 fully saturated rings. The Bertz CT molecular complexity index is 803. The summed E-state index contributed by atoms with van der Waals surface area (Å²) in [7, 11) is 0. The first-order valence-corrected chi connectivity index (χ1v) is 8.17. The number of ether oxygens (including phenoxy) is 2. The molecular formula is C20H17NO4. The molecule has 0 radical (unpaired) electrons. The van der Waals surface area contributed by atoms with Crippen LogP contribution in [0.3, 0.4) is 0 Å². The second-order valence-corrected chi connectivity index (χ2v) is 6.00. The first kappa shape index (κ1) is 15.6. The van der Waals surface area contributed by atoms with Crippen molar-refractivity contribution in [3.8, 4) is 0 Å². The lowest BCUT2D eigenvalue weighted by Gasteiger charge is -2.18. The largest absolute Gasteiger partial charge is 0.446 e. The monoisotopic (exact) mass is 335 g/mol. The molecule has 2 aromatic carbocycles. The minimum atomic E-state index is -0.611. The smallest absolute Gasteiger partial charge is 0.417 e. The zero-order valence-corrected chi connectivity index (χ0v) is 13.4. The summed E-state index contributed by atoms with van der Waals surface area (Å²) < 4.78 is 10.6. The van der Waals surface area contributed by atoms with Crippen LogP contribution in [0.2, 0.25) is 0 Å². The minimum absolute atomic E-state index is 0.0271. The summed E-state index contributed by atoms with van der Waals surface area (Å²) >= 11 is 0. The molecule has 2 heterocycles. The van der Waals surface area contributed by atoms with Crippen LogP contribution in [0.5, 0.6) is 0 Å². The van der Waals surface area contributed by atoms with Gasteiger partial charge < -0.3 is 9.47 Å². The van der Waals surface area contributed by atoms with Crippen LogP contribution in [-0.4, -0.2) is 29.6 Å². The molecule has 2 aliphatic heterocycles. The van der Waals surface area contributed by atoms with Crippen molar-refractivity contribution in [1.29, 1.82) is 0 Å². The lowest BCUT2D eigenvalue weighted by atomic mass is 10.1. The topological polar surface area (TPSA) is 59.1 Å². The predicted molar refractivity (Wildman–Crippen MR) is 90.6 cm³/mol. The molecule has 3 atom stereocenters. The molecule has 2 saturated heterocycles. The lowest BCUT2D eigenvalue weighted by molar-refractivity contribution is -0.124. The molecule has 0 saturated carbocycles. The molecule has 2 aromatic rings. The number of carbonyl (C=O) groups excluding carboxylic acids is 2. The Kier molecular flexibility index (Phi) is 4.07. The maximum Gasteiger partial charge on any atom is 0.417 e. The van der Waals surface area contributed by atoms with Gasteiger partial charge in [0.1, 0.15) is 24.9 Å². The predicted octanol–water partition coefficient (Wildman–Crippen LogP) is 3.40. The van der Waals surface area contributed by atoms with E-state index in [2.05, 4.69) is 0 Å². The van der Waals surface area contributed by atoms with Crippen molar-refractivity contribution in [2.24, 2.45) is 0 Å². The number of rotatable bonds is 4. The molecule has 5 heteroatoms. The van der Waals surface area contributed by atoms with Crippen molar-refractivity contribution >= 4 is 12.0 Å². The quantitative estimate of drug-likeness (QED) is 0.635. The standard InChI is InChI=1S/C20H17NO4/c22-18(12-11-17-19(25-17)15-9-5-2-6-10-15)21-16(13-24-20(21)23)14-7-3-1-4-8-14/h1-12,16-17,19H,13H2/b12-11+/t16-,17?,19?/m1/s1. The van der Waals surface area contributed by atoms with Gasteiger partial charge in [0.15, 0.2) is 0 Å². The van der Waals surface area contributed by atoms with Gasteiger partial charge >= 0.3 is 6.09 Å². The van der Waals surface area contributed by atoms with Crippen LogP contribution in [0.1, 0.15) is 23.3 Å². The number of nitrogens with zero attached hydrogens (tertiary/aromatic N) is 1. The zero-order chi connectivity index (χ0) is 17.2. The van der Waals surface area contributed by atoms with Gasteiger partial charge in [-0.1, -0.05) is 60.7 Å². The van der Waals surface area contributed by atoms with Gasteiger partial charge in [-0.05, 0) is 17.2 Å². The highest BCUT2D eigenvalue weighted by Crippen LogP contribution is 2.39. The fourth-order valence-electron chi connectivity index (χ4n) is 3.02. The average Bonchev–Trinajstić information content (AvgIpc) is 3.34. The van der Waals surface area contributed by atoms with E-state index in [9.17, 15) is 9.59 Å². The van der Waals surface area contributed by atoms with E-state index < -0.39 is 18.0 Å². The minimum Gasteiger partial charge on any atom is -0.446 e. The lowest BCUT2D eigenvalue weighted by Crippen LogP contribution is -2.32. The SMILES string of the molecule is O=C(/C=C/C1OC1c1ccccc1)N1C(=O)OC[C@@H]1c1ccccc1. The summed E-state index contributed by atoms with van der Waals surface area (Å²) in [5, 5.41) is 0. The van der Waals surface area contributed by atoms with Crippen LogP contribution in [0.25, 0.3) is 0 Å². The third-order valence-electron chi connectivity index (χ3n) is 4.38. The third-order valence-corrected chi connectivity index (χ3v) is 4.38. The Labute approximate surface area is 145 Å². The molecule has 2 unspecified atom stereocenters. The van der Waals surface area contributed by atoms with Gasteiger partial charge in [-0.2, -0.15) is 0 Å². The second-order valence-electron chi connectivity index (χ2n) is 6.00. The maximum absolute atomic E-state index is 12.5. The fourth-order valence-corrected chi connectivity index (χ4v) is 3.02. The van der Waals surface area contributed by atoms with Crippen LogP contribution < -0.4 is 0 Å². The molecule has 4 rings (SSSR count). The first-order valence-electron chi connectivity index (χ1n) is 8.17. The first-order chi connectivity index (χ1) is 12.2. The van der Waals surface area contributed by atoms with E-state index in [0.717, 1.165) is 16.0 Å². The van der Waals surface area contributed by atoms with E-state index in [1.54, 1.807) is 6.08 Å². The number of carbonyl (C=O) groups is 2. The Hall–Kier alpha value is -2.92. The fraction of sp³-hybridized carbons (Fsp3) is 0.200. The van der Waals surface area contributed by atoms with Gasteiger partial charge in [-0.3, -0.25) is 4.79 Å². The zero-order valence-electron chi connectivity index (χ0n) is 13.4. The molecule has 0 aromatic heterocycles. The maximum atomic E-state index is 12.5. The van der Waals surface area contributed by atoms with Gasteiger partial charge in [0.05, 0.1) is 0 Å². The van der Waals surface area contributed by atoms with Crippen molar-refractivity contribution in [3.63, 3.8) is 0 Å². The average molecular weight is 335 g/mol. The number of amides is 2. The van der Waals surface area contributed by atoms with E-state index in [-0.39, 0.29) is 18.8 Å². The summed E-state index contributed by atoms with van der Waals surface area (Å²) in [5.74, 6) is -0.390. The molecule has 126 valence electrons. The normalized spacial score (nSPS) is 25.2. The number of cyclic esters (lactones) is 1. The molecule has 0 aliphatic carbocycles. The van der Waals surface area contributed by atoms with Crippen LogP contribution in [0.15, 0.2) is 72.8 Å². The third kappa shape index (κ3) is 3.19. The molecule has 5 nitrogen and oxygen atoms in total. The van der Waals surface area contributed by atoms with Crippen LogP contribution in [0.4, 0.5) is 4.79 Å². The van der Waals surface area contributed by atoms with Gasteiger partial charge in [-0.25, -0.2) is 9.69 Å². The summed E-state index contributed by atoms with van der Waals surface area (Å²) in [6.45, 7) is 0.176. The van der Waals surface area contributed by atoms with Crippen molar-refractivity contribution in [2.75, 3.05) is 6.61 Å².